The summed E-state index contributed by atoms with van der Waals surface area (Å²) < 4.78 is 11.4. The maximum atomic E-state index is 13.5. The minimum atomic E-state index is -0.846. The molecule has 5 nitrogen and oxygen atoms in total. The molecule has 1 amide bonds. The molecule has 182 valence electrons. The first-order valence-electron chi connectivity index (χ1n) is 12.0. The number of carbonyl (C=O) groups is 2. The Morgan fingerprint density at radius 1 is 0.722 bits per heavy atom. The van der Waals surface area contributed by atoms with Gasteiger partial charge >= 0.3 is 12.1 Å². The second kappa shape index (κ2) is 12.4. The highest BCUT2D eigenvalue weighted by molar-refractivity contribution is 5.83. The lowest BCUT2D eigenvalue weighted by Gasteiger charge is -2.28. The van der Waals surface area contributed by atoms with Crippen LogP contribution in [-0.4, -0.2) is 29.5 Å². The van der Waals surface area contributed by atoms with Crippen molar-refractivity contribution in [3.8, 4) is 16.9 Å². The molecular formula is C31H29NO4. The molecule has 0 saturated carbocycles. The summed E-state index contributed by atoms with van der Waals surface area (Å²) in [4.78, 5) is 28.0. The molecule has 0 fully saturated rings. The fourth-order valence-corrected chi connectivity index (χ4v) is 3.99. The van der Waals surface area contributed by atoms with Crippen LogP contribution in [-0.2, 0) is 22.6 Å². The van der Waals surface area contributed by atoms with Crippen molar-refractivity contribution in [3.63, 3.8) is 0 Å². The van der Waals surface area contributed by atoms with Gasteiger partial charge in [-0.2, -0.15) is 0 Å². The summed E-state index contributed by atoms with van der Waals surface area (Å²) in [5.41, 5.74) is 3.76. The van der Waals surface area contributed by atoms with Crippen LogP contribution in [0.1, 0.15) is 18.1 Å². The number of amides is 1. The van der Waals surface area contributed by atoms with Gasteiger partial charge in [0.25, 0.3) is 0 Å². The number of ether oxygens (including phenoxy) is 2. The van der Waals surface area contributed by atoms with Crippen molar-refractivity contribution < 1.29 is 19.1 Å². The molecule has 0 aromatic heterocycles. The van der Waals surface area contributed by atoms with E-state index in [1.165, 1.54) is 4.90 Å². The zero-order chi connectivity index (χ0) is 25.2. The normalized spacial score (nSPS) is 11.4. The number of carbonyl (C=O) groups excluding carboxylic acids is 2. The molecule has 4 aromatic carbocycles. The fourth-order valence-electron chi connectivity index (χ4n) is 3.99. The van der Waals surface area contributed by atoms with Crippen molar-refractivity contribution in [2.75, 3.05) is 6.54 Å². The zero-order valence-corrected chi connectivity index (χ0v) is 20.2. The van der Waals surface area contributed by atoms with Crippen LogP contribution in [0.4, 0.5) is 4.79 Å². The number of nitrogens with zero attached hydrogens (tertiary/aromatic N) is 1. The Morgan fingerprint density at radius 3 is 1.94 bits per heavy atom. The molecule has 0 aliphatic heterocycles. The van der Waals surface area contributed by atoms with E-state index in [1.807, 2.05) is 116 Å². The molecule has 0 spiro atoms. The van der Waals surface area contributed by atoms with Crippen molar-refractivity contribution in [2.45, 2.75) is 26.0 Å². The molecule has 1 atom stereocenters. The third kappa shape index (κ3) is 6.60. The third-order valence-electron chi connectivity index (χ3n) is 5.86. The van der Waals surface area contributed by atoms with Gasteiger partial charge in [0.15, 0.2) is 0 Å². The quantitative estimate of drug-likeness (QED) is 0.202. The Morgan fingerprint density at radius 2 is 1.31 bits per heavy atom. The summed E-state index contributed by atoms with van der Waals surface area (Å²) in [5, 5.41) is 0. The van der Waals surface area contributed by atoms with E-state index in [1.54, 1.807) is 6.07 Å². The number of benzene rings is 4. The van der Waals surface area contributed by atoms with Crippen molar-refractivity contribution in [1.29, 1.82) is 0 Å². The summed E-state index contributed by atoms with van der Waals surface area (Å²) in [5.74, 6) is -0.0873. The Balaban J connectivity index is 1.54. The van der Waals surface area contributed by atoms with Gasteiger partial charge in [-0.05, 0) is 41.3 Å². The molecule has 0 aliphatic carbocycles. The standard InChI is InChI=1S/C31H29NO4/c1-2-32(31(34)35-23-25-15-8-4-9-16-25)29(21-24-13-6-3-7-14-24)30(33)36-28-20-12-19-27(22-28)26-17-10-5-11-18-26/h3-20,22,29H,2,21,23H2,1H3/t29-/m0/s1. The number of hydrogen-bond acceptors (Lipinski definition) is 4. The van der Waals surface area contributed by atoms with E-state index in [-0.39, 0.29) is 6.61 Å². The van der Waals surface area contributed by atoms with E-state index in [0.717, 1.165) is 22.3 Å². The van der Waals surface area contributed by atoms with Gasteiger partial charge in [0.1, 0.15) is 18.4 Å². The third-order valence-corrected chi connectivity index (χ3v) is 5.86. The summed E-state index contributed by atoms with van der Waals surface area (Å²) in [6.45, 7) is 2.25. The Hall–Kier alpha value is -4.38. The van der Waals surface area contributed by atoms with E-state index < -0.39 is 18.1 Å². The first kappa shape index (κ1) is 24.7. The van der Waals surface area contributed by atoms with E-state index in [0.29, 0.717) is 18.7 Å². The van der Waals surface area contributed by atoms with Gasteiger partial charge in [-0.3, -0.25) is 4.90 Å². The number of esters is 1. The molecule has 4 rings (SSSR count). The molecule has 5 heteroatoms. The highest BCUT2D eigenvalue weighted by Crippen LogP contribution is 2.24. The van der Waals surface area contributed by atoms with Gasteiger partial charge in [-0.15, -0.1) is 0 Å². The van der Waals surface area contributed by atoms with Crippen LogP contribution in [0.25, 0.3) is 11.1 Å². The van der Waals surface area contributed by atoms with Crippen molar-refractivity contribution >= 4 is 12.1 Å². The molecule has 0 heterocycles. The van der Waals surface area contributed by atoms with Crippen LogP contribution in [0.2, 0.25) is 0 Å². The van der Waals surface area contributed by atoms with Crippen LogP contribution >= 0.6 is 0 Å². The van der Waals surface area contributed by atoms with Gasteiger partial charge < -0.3 is 9.47 Å². The number of rotatable bonds is 9. The predicted octanol–water partition coefficient (Wildman–Crippen LogP) is 6.53. The van der Waals surface area contributed by atoms with E-state index >= 15 is 0 Å². The number of hydrogen-bond donors (Lipinski definition) is 0. The fraction of sp³-hybridized carbons (Fsp3) is 0.161. The van der Waals surface area contributed by atoms with Crippen LogP contribution in [0, 0.1) is 0 Å². The first-order chi connectivity index (χ1) is 17.6. The van der Waals surface area contributed by atoms with Crippen molar-refractivity contribution in [1.82, 2.24) is 4.90 Å². The average Bonchev–Trinajstić information content (AvgIpc) is 2.93. The molecule has 0 N–H and O–H groups in total. The topological polar surface area (TPSA) is 55.8 Å². The smallest absolute Gasteiger partial charge is 0.410 e. The summed E-state index contributed by atoms with van der Waals surface area (Å²) >= 11 is 0. The van der Waals surface area contributed by atoms with Gasteiger partial charge in [0.2, 0.25) is 0 Å². The van der Waals surface area contributed by atoms with Gasteiger partial charge in [-0.25, -0.2) is 9.59 Å². The minimum Gasteiger partial charge on any atom is -0.445 e. The second-order valence-corrected chi connectivity index (χ2v) is 8.35. The van der Waals surface area contributed by atoms with Crippen LogP contribution < -0.4 is 4.74 Å². The van der Waals surface area contributed by atoms with Crippen LogP contribution in [0.3, 0.4) is 0 Å². The Bertz CT molecular complexity index is 1260. The lowest BCUT2D eigenvalue weighted by atomic mass is 10.0. The monoisotopic (exact) mass is 479 g/mol. The maximum Gasteiger partial charge on any atom is 0.410 e. The van der Waals surface area contributed by atoms with Crippen LogP contribution in [0.15, 0.2) is 115 Å². The maximum absolute atomic E-state index is 13.5. The zero-order valence-electron chi connectivity index (χ0n) is 20.2. The molecule has 0 bridgehead atoms. The molecule has 0 aliphatic rings. The highest BCUT2D eigenvalue weighted by Gasteiger charge is 2.32. The van der Waals surface area contributed by atoms with Gasteiger partial charge in [0.05, 0.1) is 0 Å². The van der Waals surface area contributed by atoms with Crippen molar-refractivity contribution in [3.05, 3.63) is 126 Å². The molecule has 4 aromatic rings. The molecule has 0 radical (unpaired) electrons. The first-order valence-corrected chi connectivity index (χ1v) is 12.0. The molecular weight excluding hydrogens is 450 g/mol. The average molecular weight is 480 g/mol. The Labute approximate surface area is 211 Å². The van der Waals surface area contributed by atoms with Crippen LogP contribution in [0.5, 0.6) is 5.75 Å². The van der Waals surface area contributed by atoms with E-state index in [9.17, 15) is 9.59 Å². The van der Waals surface area contributed by atoms with Crippen molar-refractivity contribution in [2.24, 2.45) is 0 Å². The predicted molar refractivity (Wildman–Crippen MR) is 140 cm³/mol. The Kier molecular flexibility index (Phi) is 8.49. The lowest BCUT2D eigenvalue weighted by Crippen LogP contribution is -2.48. The second-order valence-electron chi connectivity index (χ2n) is 8.35. The highest BCUT2D eigenvalue weighted by atomic mass is 16.6. The minimum absolute atomic E-state index is 0.127. The summed E-state index contributed by atoms with van der Waals surface area (Å²) in [6.07, 6.45) is -0.246. The van der Waals surface area contributed by atoms with E-state index in [2.05, 4.69) is 0 Å². The molecule has 0 unspecified atom stereocenters. The number of likely N-dealkylation sites (N-methyl/N-ethyl adjacent to an activating group) is 1. The summed E-state index contributed by atoms with van der Waals surface area (Å²) in [7, 11) is 0. The SMILES string of the molecule is CCN(C(=O)OCc1ccccc1)[C@@H](Cc1ccccc1)C(=O)Oc1cccc(-c2ccccc2)c1. The molecule has 36 heavy (non-hydrogen) atoms. The molecule has 0 saturated heterocycles. The van der Waals surface area contributed by atoms with Gasteiger partial charge in [0, 0.05) is 13.0 Å². The summed E-state index contributed by atoms with van der Waals surface area (Å²) in [6, 6.07) is 35.5. The lowest BCUT2D eigenvalue weighted by molar-refractivity contribution is -0.140. The largest absolute Gasteiger partial charge is 0.445 e. The van der Waals surface area contributed by atoms with E-state index in [4.69, 9.17) is 9.47 Å². The van der Waals surface area contributed by atoms with Gasteiger partial charge in [-0.1, -0.05) is 103 Å².